The van der Waals surface area contributed by atoms with E-state index in [1.807, 2.05) is 0 Å². The molecule has 5 nitrogen and oxygen atoms in total. The first kappa shape index (κ1) is 27.3. The third-order valence-corrected chi connectivity index (χ3v) is 11.9. The molecule has 0 unspecified atom stereocenters. The Balaban J connectivity index is 1.68. The van der Waals surface area contributed by atoms with Crippen molar-refractivity contribution in [1.29, 1.82) is 0 Å². The lowest BCUT2D eigenvalue weighted by Gasteiger charge is -2.69. The summed E-state index contributed by atoms with van der Waals surface area (Å²) in [6.45, 7) is 16.6. The topological polar surface area (TPSA) is 98.0 Å². The van der Waals surface area contributed by atoms with E-state index in [0.29, 0.717) is 31.0 Å². The summed E-state index contributed by atoms with van der Waals surface area (Å²) in [5.74, 6) is 0.914. The number of aliphatic hydroxyl groups excluding tert-OH is 3. The summed E-state index contributed by atoms with van der Waals surface area (Å²) < 4.78 is 0. The largest absolute Gasteiger partial charge is 0.392 e. The third kappa shape index (κ3) is 3.82. The van der Waals surface area contributed by atoms with E-state index in [1.165, 1.54) is 25.0 Å². The van der Waals surface area contributed by atoms with Gasteiger partial charge in [0.05, 0.1) is 17.8 Å². The maximum absolute atomic E-state index is 12.9. The molecular formula is C30H50O5. The van der Waals surface area contributed by atoms with Crippen molar-refractivity contribution in [3.05, 3.63) is 11.1 Å². The minimum atomic E-state index is -1.36. The van der Waals surface area contributed by atoms with Crippen molar-refractivity contribution in [1.82, 2.24) is 0 Å². The van der Waals surface area contributed by atoms with Crippen LogP contribution in [0.2, 0.25) is 0 Å². The molecular weight excluding hydrogens is 440 g/mol. The van der Waals surface area contributed by atoms with Gasteiger partial charge >= 0.3 is 0 Å². The van der Waals surface area contributed by atoms with Gasteiger partial charge in [0, 0.05) is 11.8 Å². The van der Waals surface area contributed by atoms with Crippen molar-refractivity contribution in [3.63, 3.8) is 0 Å². The highest BCUT2D eigenvalue weighted by Crippen LogP contribution is 2.74. The van der Waals surface area contributed by atoms with Crippen LogP contribution in [0, 0.1) is 39.4 Å². The van der Waals surface area contributed by atoms with Crippen LogP contribution in [-0.2, 0) is 4.79 Å². The van der Waals surface area contributed by atoms with Crippen molar-refractivity contribution in [2.24, 2.45) is 39.4 Å². The second-order valence-corrected chi connectivity index (χ2v) is 14.5. The molecule has 0 radical (unpaired) electrons. The second-order valence-electron chi connectivity index (χ2n) is 14.5. The average Bonchev–Trinajstić information content (AvgIpc) is 3.07. The van der Waals surface area contributed by atoms with Crippen molar-refractivity contribution in [2.75, 3.05) is 0 Å². The summed E-state index contributed by atoms with van der Waals surface area (Å²) in [5.41, 5.74) is 0.895. The molecule has 0 aromatic rings. The van der Waals surface area contributed by atoms with Crippen molar-refractivity contribution < 1.29 is 25.2 Å². The molecule has 0 heterocycles. The summed E-state index contributed by atoms with van der Waals surface area (Å²) in [5, 5.41) is 43.0. The number of aliphatic hydroxyl groups is 4. The van der Waals surface area contributed by atoms with E-state index in [9.17, 15) is 25.2 Å². The summed E-state index contributed by atoms with van der Waals surface area (Å²) in [6, 6.07) is 0. The molecule has 200 valence electrons. The van der Waals surface area contributed by atoms with Crippen LogP contribution in [0.1, 0.15) is 107 Å². The monoisotopic (exact) mass is 490 g/mol. The average molecular weight is 491 g/mol. The predicted molar refractivity (Wildman–Crippen MR) is 138 cm³/mol. The highest BCUT2D eigenvalue weighted by molar-refractivity contribution is 5.85. The highest BCUT2D eigenvalue weighted by atomic mass is 16.4. The number of carbonyl (C=O) groups is 1. The van der Waals surface area contributed by atoms with Gasteiger partial charge in [0.25, 0.3) is 0 Å². The van der Waals surface area contributed by atoms with Gasteiger partial charge in [-0.25, -0.2) is 0 Å². The standard InChI is InChI=1S/C30H50O5/c1-17(15-21(32)25(34)27(4,5)35)18-9-13-29(7)19(18)16-20(31)24-28(6)12-11-23(33)26(2,3)22(28)10-14-30(24,29)8/h17,20-22,24-25,31-32,34-35H,9-16H2,1-8H3/t17-,20+,21+,22+,24+,25-,28+,29+,30+/m1/s1. The van der Waals surface area contributed by atoms with E-state index in [-0.39, 0.29) is 33.5 Å². The van der Waals surface area contributed by atoms with Crippen molar-refractivity contribution >= 4 is 5.78 Å². The van der Waals surface area contributed by atoms with Crippen molar-refractivity contribution in [3.8, 4) is 0 Å². The lowest BCUT2D eigenvalue weighted by molar-refractivity contribution is -0.208. The molecule has 4 rings (SSSR count). The van der Waals surface area contributed by atoms with Gasteiger partial charge in [0.1, 0.15) is 11.9 Å². The number of fused-ring (bicyclic) bond motifs is 5. The number of ketones is 1. The van der Waals surface area contributed by atoms with Gasteiger partial charge in [-0.05, 0) is 92.8 Å². The maximum Gasteiger partial charge on any atom is 0.138 e. The molecule has 9 atom stereocenters. The number of Topliss-reactive ketones (excluding diaryl/α,β-unsaturated/α-hetero) is 1. The SMILES string of the molecule is C[C@H](C[C@H](O)[C@@H](O)C(C)(C)O)C1=C2C[C@H](O)[C@H]3[C@@]4(C)CCC(=O)C(C)(C)[C@@H]4CC[C@]3(C)[C@@]2(C)CC1. The lowest BCUT2D eigenvalue weighted by Crippen LogP contribution is -2.65. The first-order valence-corrected chi connectivity index (χ1v) is 13.9. The van der Waals surface area contributed by atoms with Gasteiger partial charge in [-0.1, -0.05) is 52.7 Å². The number of rotatable bonds is 5. The highest BCUT2D eigenvalue weighted by Gasteiger charge is 2.69. The summed E-state index contributed by atoms with van der Waals surface area (Å²) >= 11 is 0. The Bertz CT molecular complexity index is 899. The van der Waals surface area contributed by atoms with Crippen LogP contribution in [0.15, 0.2) is 11.1 Å². The molecule has 0 bridgehead atoms. The Morgan fingerprint density at radius 3 is 2.26 bits per heavy atom. The Hall–Kier alpha value is -0.750. The molecule has 4 aliphatic carbocycles. The quantitative estimate of drug-likeness (QED) is 0.415. The van der Waals surface area contributed by atoms with Gasteiger partial charge < -0.3 is 20.4 Å². The van der Waals surface area contributed by atoms with Crippen LogP contribution >= 0.6 is 0 Å². The van der Waals surface area contributed by atoms with Gasteiger partial charge in [-0.15, -0.1) is 0 Å². The predicted octanol–water partition coefficient (Wildman–Crippen LogP) is 4.79. The van der Waals surface area contributed by atoms with E-state index in [1.54, 1.807) is 0 Å². The smallest absolute Gasteiger partial charge is 0.138 e. The zero-order valence-electron chi connectivity index (χ0n) is 23.3. The van der Waals surface area contributed by atoms with Crippen LogP contribution in [0.25, 0.3) is 0 Å². The van der Waals surface area contributed by atoms with Gasteiger partial charge in [0.2, 0.25) is 0 Å². The Morgan fingerprint density at radius 1 is 1.03 bits per heavy atom. The fourth-order valence-corrected chi connectivity index (χ4v) is 9.77. The molecule has 0 amide bonds. The molecule has 0 saturated heterocycles. The summed E-state index contributed by atoms with van der Waals surface area (Å²) in [6.07, 6.45) is 3.96. The molecule has 4 N–H and O–H groups in total. The van der Waals surface area contributed by atoms with Gasteiger partial charge in [0.15, 0.2) is 0 Å². The Morgan fingerprint density at radius 2 is 1.66 bits per heavy atom. The number of allylic oxidation sites excluding steroid dienone is 1. The van der Waals surface area contributed by atoms with E-state index < -0.39 is 23.9 Å². The van der Waals surface area contributed by atoms with E-state index in [4.69, 9.17) is 0 Å². The molecule has 0 spiro atoms. The molecule has 0 aromatic heterocycles. The van der Waals surface area contributed by atoms with Gasteiger partial charge in [-0.3, -0.25) is 4.79 Å². The lowest BCUT2D eigenvalue weighted by atomic mass is 9.36. The molecule has 5 heteroatoms. The van der Waals surface area contributed by atoms with Crippen LogP contribution in [-0.4, -0.2) is 50.1 Å². The number of carbonyl (C=O) groups excluding carboxylic acids is 1. The minimum absolute atomic E-state index is 0.0140. The molecule has 35 heavy (non-hydrogen) atoms. The first-order chi connectivity index (χ1) is 15.9. The summed E-state index contributed by atoms with van der Waals surface area (Å²) in [4.78, 5) is 12.9. The van der Waals surface area contributed by atoms with Crippen LogP contribution in [0.4, 0.5) is 0 Å². The molecule has 3 fully saturated rings. The molecule has 0 aromatic carbocycles. The summed E-state index contributed by atoms with van der Waals surface area (Å²) in [7, 11) is 0. The van der Waals surface area contributed by atoms with Crippen LogP contribution in [0.5, 0.6) is 0 Å². The number of hydrogen-bond donors (Lipinski definition) is 4. The second kappa shape index (κ2) is 8.38. The Kier molecular flexibility index (Phi) is 6.53. The fourth-order valence-electron chi connectivity index (χ4n) is 9.77. The fraction of sp³-hybridized carbons (Fsp3) is 0.900. The zero-order chi connectivity index (χ0) is 26.4. The van der Waals surface area contributed by atoms with Crippen molar-refractivity contribution in [2.45, 2.75) is 131 Å². The van der Waals surface area contributed by atoms with E-state index >= 15 is 0 Å². The van der Waals surface area contributed by atoms with Crippen LogP contribution in [0.3, 0.4) is 0 Å². The Labute approximate surface area is 212 Å². The first-order valence-electron chi connectivity index (χ1n) is 13.9. The molecule has 4 aliphatic rings. The molecule has 3 saturated carbocycles. The number of hydrogen-bond acceptors (Lipinski definition) is 5. The van der Waals surface area contributed by atoms with E-state index in [0.717, 1.165) is 32.1 Å². The van der Waals surface area contributed by atoms with E-state index in [2.05, 4.69) is 41.5 Å². The van der Waals surface area contributed by atoms with Crippen LogP contribution < -0.4 is 0 Å². The van der Waals surface area contributed by atoms with Gasteiger partial charge in [-0.2, -0.15) is 0 Å². The normalized spacial score (nSPS) is 43.8. The minimum Gasteiger partial charge on any atom is -0.392 e. The third-order valence-electron chi connectivity index (χ3n) is 11.9. The molecule has 0 aliphatic heterocycles. The zero-order valence-corrected chi connectivity index (χ0v) is 23.3. The maximum atomic E-state index is 12.9.